The van der Waals surface area contributed by atoms with Gasteiger partial charge in [0.15, 0.2) is 5.75 Å². The van der Waals surface area contributed by atoms with E-state index >= 15 is 0 Å². The summed E-state index contributed by atoms with van der Waals surface area (Å²) in [6.07, 6.45) is 2.11. The van der Waals surface area contributed by atoms with Gasteiger partial charge in [-0.1, -0.05) is 23.7 Å². The van der Waals surface area contributed by atoms with E-state index in [0.717, 1.165) is 5.69 Å². The fourth-order valence-corrected chi connectivity index (χ4v) is 4.00. The third-order valence-electron chi connectivity index (χ3n) is 5.35. The zero-order valence-corrected chi connectivity index (χ0v) is 18.6. The molecule has 3 aromatic rings. The molecule has 0 radical (unpaired) electrons. The standard InChI is InChI=1S/C22H22ClN5O4/c1-27-19-15(25-20(29)13-6-4-5-7-14(13)23)10-11-28(17(19)12-24-27)22(30)16-8-9-18(31-2)21(26-16)32-3/h4-9,12,15H,10-11H2,1-3H3,(H,25,29). The Morgan fingerprint density at radius 1 is 1.16 bits per heavy atom. The number of nitrogens with one attached hydrogen (secondary N) is 1. The molecule has 4 rings (SSSR count). The van der Waals surface area contributed by atoms with Gasteiger partial charge in [-0.3, -0.25) is 14.3 Å². The Morgan fingerprint density at radius 3 is 2.66 bits per heavy atom. The minimum absolute atomic E-state index is 0.219. The highest BCUT2D eigenvalue weighted by molar-refractivity contribution is 6.33. The predicted molar refractivity (Wildman–Crippen MR) is 119 cm³/mol. The van der Waals surface area contributed by atoms with Crippen LogP contribution < -0.4 is 19.7 Å². The molecule has 2 aromatic heterocycles. The fourth-order valence-electron chi connectivity index (χ4n) is 3.78. The lowest BCUT2D eigenvalue weighted by Gasteiger charge is -2.32. The van der Waals surface area contributed by atoms with Gasteiger partial charge >= 0.3 is 0 Å². The maximum atomic E-state index is 13.3. The normalized spacial score (nSPS) is 15.1. The maximum absolute atomic E-state index is 13.3. The monoisotopic (exact) mass is 455 g/mol. The highest BCUT2D eigenvalue weighted by Gasteiger charge is 2.34. The molecule has 0 spiro atoms. The quantitative estimate of drug-likeness (QED) is 0.635. The molecule has 166 valence electrons. The molecule has 9 nitrogen and oxygen atoms in total. The van der Waals surface area contributed by atoms with Gasteiger partial charge in [0.05, 0.1) is 48.4 Å². The van der Waals surface area contributed by atoms with Crippen LogP contribution in [-0.2, 0) is 7.05 Å². The molecule has 0 bridgehead atoms. The van der Waals surface area contributed by atoms with Gasteiger partial charge in [-0.25, -0.2) is 4.98 Å². The Labute approximate surface area is 189 Å². The molecule has 1 aromatic carbocycles. The van der Waals surface area contributed by atoms with Crippen molar-refractivity contribution in [2.75, 3.05) is 25.7 Å². The molecule has 3 heterocycles. The van der Waals surface area contributed by atoms with E-state index in [1.165, 1.54) is 14.2 Å². The van der Waals surface area contributed by atoms with Crippen LogP contribution in [0.2, 0.25) is 5.02 Å². The Bertz CT molecular complexity index is 1180. The van der Waals surface area contributed by atoms with Crippen molar-refractivity contribution in [3.63, 3.8) is 0 Å². The summed E-state index contributed by atoms with van der Waals surface area (Å²) in [6.45, 7) is 0.376. The van der Waals surface area contributed by atoms with Crippen LogP contribution >= 0.6 is 11.6 Å². The number of halogens is 1. The van der Waals surface area contributed by atoms with Crippen molar-refractivity contribution in [1.29, 1.82) is 0 Å². The summed E-state index contributed by atoms with van der Waals surface area (Å²) in [5, 5.41) is 7.71. The summed E-state index contributed by atoms with van der Waals surface area (Å²) < 4.78 is 12.1. The second-order valence-corrected chi connectivity index (χ2v) is 7.61. The van der Waals surface area contributed by atoms with Gasteiger partial charge in [-0.2, -0.15) is 5.10 Å². The van der Waals surface area contributed by atoms with Gasteiger partial charge < -0.3 is 19.7 Å². The number of hydrogen-bond donors (Lipinski definition) is 1. The lowest BCUT2D eigenvalue weighted by molar-refractivity contribution is 0.0931. The summed E-state index contributed by atoms with van der Waals surface area (Å²) in [6, 6.07) is 9.76. The van der Waals surface area contributed by atoms with Gasteiger partial charge in [0.25, 0.3) is 17.7 Å². The van der Waals surface area contributed by atoms with Crippen LogP contribution in [0.4, 0.5) is 5.69 Å². The van der Waals surface area contributed by atoms with E-state index in [1.54, 1.807) is 59.2 Å². The molecule has 1 atom stereocenters. The Hall–Kier alpha value is -3.59. The number of aryl methyl sites for hydroxylation is 1. The number of fused-ring (bicyclic) bond motifs is 1. The van der Waals surface area contributed by atoms with Crippen molar-refractivity contribution in [1.82, 2.24) is 20.1 Å². The number of carbonyl (C=O) groups is 2. The first-order valence-corrected chi connectivity index (χ1v) is 10.3. The number of anilines is 1. The van der Waals surface area contributed by atoms with Gasteiger partial charge in [0.1, 0.15) is 5.69 Å². The van der Waals surface area contributed by atoms with E-state index in [-0.39, 0.29) is 29.4 Å². The fraction of sp³-hybridized carbons (Fsp3) is 0.273. The Balaban J connectivity index is 1.61. The van der Waals surface area contributed by atoms with Crippen LogP contribution in [0.5, 0.6) is 11.6 Å². The number of methoxy groups -OCH3 is 2. The van der Waals surface area contributed by atoms with Crippen LogP contribution in [0, 0.1) is 0 Å². The number of ether oxygens (including phenoxy) is 2. The highest BCUT2D eigenvalue weighted by atomic mass is 35.5. The SMILES string of the molecule is COc1ccc(C(=O)N2CCC(NC(=O)c3ccccc3Cl)c3c2cnn3C)nc1OC. The number of amides is 2. The number of carbonyl (C=O) groups excluding carboxylic acids is 2. The van der Waals surface area contributed by atoms with Crippen LogP contribution in [0.1, 0.15) is 39.0 Å². The third-order valence-corrected chi connectivity index (χ3v) is 5.68. The topological polar surface area (TPSA) is 98.6 Å². The van der Waals surface area contributed by atoms with Crippen LogP contribution in [0.15, 0.2) is 42.6 Å². The minimum Gasteiger partial charge on any atom is -0.491 e. The highest BCUT2D eigenvalue weighted by Crippen LogP contribution is 2.35. The molecule has 1 unspecified atom stereocenters. The average Bonchev–Trinajstić information content (AvgIpc) is 3.20. The summed E-state index contributed by atoms with van der Waals surface area (Å²) in [7, 11) is 4.74. The molecule has 0 saturated carbocycles. The van der Waals surface area contributed by atoms with E-state index in [1.807, 2.05) is 0 Å². The van der Waals surface area contributed by atoms with Gasteiger partial charge in [0, 0.05) is 13.6 Å². The first-order chi connectivity index (χ1) is 15.4. The number of benzene rings is 1. The second-order valence-electron chi connectivity index (χ2n) is 7.20. The van der Waals surface area contributed by atoms with Crippen LogP contribution in [-0.4, -0.2) is 47.3 Å². The Morgan fingerprint density at radius 2 is 1.94 bits per heavy atom. The van der Waals surface area contributed by atoms with Gasteiger partial charge in [0.2, 0.25) is 0 Å². The zero-order valence-electron chi connectivity index (χ0n) is 17.8. The van der Waals surface area contributed by atoms with Crippen molar-refractivity contribution in [2.45, 2.75) is 12.5 Å². The minimum atomic E-state index is -0.330. The lowest BCUT2D eigenvalue weighted by Crippen LogP contribution is -2.41. The molecular weight excluding hydrogens is 434 g/mol. The predicted octanol–water partition coefficient (Wildman–Crippen LogP) is 3.01. The molecule has 1 aliphatic rings. The van der Waals surface area contributed by atoms with Crippen molar-refractivity contribution in [2.24, 2.45) is 7.05 Å². The summed E-state index contributed by atoms with van der Waals surface area (Å²) in [5.74, 6) is 0.0870. The number of rotatable bonds is 5. The molecule has 2 amide bonds. The van der Waals surface area contributed by atoms with Crippen molar-refractivity contribution >= 4 is 29.1 Å². The molecule has 32 heavy (non-hydrogen) atoms. The summed E-state index contributed by atoms with van der Waals surface area (Å²) >= 11 is 6.17. The van der Waals surface area contributed by atoms with E-state index in [9.17, 15) is 9.59 Å². The number of nitrogens with zero attached hydrogens (tertiary/aromatic N) is 4. The zero-order chi connectivity index (χ0) is 22.8. The van der Waals surface area contributed by atoms with E-state index in [2.05, 4.69) is 15.4 Å². The van der Waals surface area contributed by atoms with Gasteiger partial charge in [-0.15, -0.1) is 0 Å². The smallest absolute Gasteiger partial charge is 0.277 e. The molecular formula is C22H22ClN5O4. The average molecular weight is 456 g/mol. The van der Waals surface area contributed by atoms with Crippen molar-refractivity contribution in [3.8, 4) is 11.6 Å². The number of aromatic nitrogens is 3. The second kappa shape index (κ2) is 8.88. The van der Waals surface area contributed by atoms with Crippen molar-refractivity contribution < 1.29 is 19.1 Å². The molecule has 0 fully saturated rings. The van der Waals surface area contributed by atoms with Crippen molar-refractivity contribution in [3.05, 3.63) is 64.6 Å². The first-order valence-electron chi connectivity index (χ1n) is 9.92. The van der Waals surface area contributed by atoms with Crippen LogP contribution in [0.3, 0.4) is 0 Å². The lowest BCUT2D eigenvalue weighted by atomic mass is 10.0. The van der Waals surface area contributed by atoms with E-state index < -0.39 is 0 Å². The molecule has 1 N–H and O–H groups in total. The maximum Gasteiger partial charge on any atom is 0.277 e. The molecule has 0 aliphatic carbocycles. The van der Waals surface area contributed by atoms with Crippen LogP contribution in [0.25, 0.3) is 0 Å². The van der Waals surface area contributed by atoms with Gasteiger partial charge in [-0.05, 0) is 30.7 Å². The Kier molecular flexibility index (Phi) is 6.00. The first kappa shape index (κ1) is 21.6. The molecule has 0 saturated heterocycles. The molecule has 10 heteroatoms. The van der Waals surface area contributed by atoms with E-state index in [4.69, 9.17) is 21.1 Å². The molecule has 1 aliphatic heterocycles. The largest absolute Gasteiger partial charge is 0.491 e. The van der Waals surface area contributed by atoms with E-state index in [0.29, 0.717) is 35.0 Å². The number of pyridine rings is 1. The summed E-state index contributed by atoms with van der Waals surface area (Å²) in [4.78, 5) is 32.0. The summed E-state index contributed by atoms with van der Waals surface area (Å²) in [5.41, 5.74) is 1.96. The third kappa shape index (κ3) is 3.87. The number of hydrogen-bond acceptors (Lipinski definition) is 6.